The molecule has 212 valence electrons. The van der Waals surface area contributed by atoms with Gasteiger partial charge in [0, 0.05) is 25.6 Å². The molecule has 2 aliphatic carbocycles. The van der Waals surface area contributed by atoms with E-state index >= 15 is 0 Å². The maximum Gasteiger partial charge on any atom is 0.339 e. The highest BCUT2D eigenvalue weighted by Crippen LogP contribution is 2.60. The molecule has 2 bridgehead atoms. The second kappa shape index (κ2) is 10.7. The Morgan fingerprint density at radius 2 is 1.67 bits per heavy atom. The van der Waals surface area contributed by atoms with Crippen LogP contribution < -0.4 is 4.90 Å². The van der Waals surface area contributed by atoms with Crippen molar-refractivity contribution in [1.82, 2.24) is 4.98 Å². The number of anilines is 1. The van der Waals surface area contributed by atoms with Gasteiger partial charge in [0.25, 0.3) is 0 Å². The molecule has 0 spiro atoms. The fraction of sp³-hybridized carbons (Fsp3) is 0.258. The number of ether oxygens (including phenoxy) is 1. The molecule has 2 aromatic heterocycles. The third kappa shape index (κ3) is 4.46. The van der Waals surface area contributed by atoms with Crippen LogP contribution in [0.25, 0.3) is 22.2 Å². The number of nitrogens with zero attached hydrogens (tertiary/aromatic N) is 2. The number of fused-ring (bicyclic) bond motifs is 6. The lowest BCUT2D eigenvalue weighted by Crippen LogP contribution is -2.37. The van der Waals surface area contributed by atoms with Crippen LogP contribution in [0, 0.1) is 23.7 Å². The number of imide groups is 1. The molecule has 1 aliphatic heterocycles. The van der Waals surface area contributed by atoms with Crippen molar-refractivity contribution in [2.75, 3.05) is 11.5 Å². The molecule has 11 heteroatoms. The number of amides is 2. The Bertz CT molecular complexity index is 1750. The number of pyridine rings is 1. The SMILES string of the molecule is O=C(COC(=O)c1cc(-c2ccc(N3C(=O)C4C5CC(C(Br)C5Br)C4C3=O)cc2)nc2ccc(Cl)cc12)c1cccs1. The van der Waals surface area contributed by atoms with Gasteiger partial charge in [-0.2, -0.15) is 0 Å². The third-order valence-electron chi connectivity index (χ3n) is 8.53. The second-order valence-corrected chi connectivity index (χ2v) is 14.3. The molecule has 2 aromatic carbocycles. The van der Waals surface area contributed by atoms with Gasteiger partial charge in [-0.1, -0.05) is 61.7 Å². The summed E-state index contributed by atoms with van der Waals surface area (Å²) in [4.78, 5) is 59.4. The number of Topliss-reactive ketones (excluding diaryl/α,β-unsaturated/α-hetero) is 1. The Labute approximate surface area is 266 Å². The highest BCUT2D eigenvalue weighted by molar-refractivity contribution is 9.12. The Hall–Kier alpha value is -2.92. The molecule has 3 fully saturated rings. The van der Waals surface area contributed by atoms with Crippen LogP contribution in [0.5, 0.6) is 0 Å². The number of thiophene rings is 1. The molecule has 6 unspecified atom stereocenters. The van der Waals surface area contributed by atoms with E-state index in [1.165, 1.54) is 16.2 Å². The molecule has 0 radical (unpaired) electrons. The minimum absolute atomic E-state index is 0.138. The summed E-state index contributed by atoms with van der Waals surface area (Å²) >= 11 is 15.0. The van der Waals surface area contributed by atoms with Crippen molar-refractivity contribution in [3.8, 4) is 11.3 Å². The van der Waals surface area contributed by atoms with Crippen molar-refractivity contribution in [2.24, 2.45) is 23.7 Å². The predicted molar refractivity (Wildman–Crippen MR) is 168 cm³/mol. The quantitative estimate of drug-likeness (QED) is 0.0925. The van der Waals surface area contributed by atoms with E-state index in [-0.39, 0.29) is 63.1 Å². The molecule has 6 atom stereocenters. The first-order valence-electron chi connectivity index (χ1n) is 13.3. The highest BCUT2D eigenvalue weighted by atomic mass is 79.9. The first-order valence-corrected chi connectivity index (χ1v) is 16.4. The van der Waals surface area contributed by atoms with Crippen molar-refractivity contribution in [1.29, 1.82) is 0 Å². The van der Waals surface area contributed by atoms with Crippen LogP contribution in [0.2, 0.25) is 5.02 Å². The number of rotatable bonds is 6. The highest BCUT2D eigenvalue weighted by Gasteiger charge is 2.66. The van der Waals surface area contributed by atoms with Crippen molar-refractivity contribution < 1.29 is 23.9 Å². The standard InChI is InChI=1S/C31H21Br2ClN2O5S/c32-27-19-11-20(28(27)33)26-25(19)29(38)36(30(26)39)16-6-3-14(4-7-16)22-12-18(17-10-15(34)5-8-21(17)35-22)31(40)41-13-23(37)24-2-1-9-42-24/h1-10,12,19-20,25-28H,11,13H2. The number of carbonyl (C=O) groups is 4. The minimum Gasteiger partial charge on any atom is -0.454 e. The molecular formula is C31H21Br2ClN2O5S. The normalized spacial score (nSPS) is 26.2. The molecule has 3 aliphatic rings. The summed E-state index contributed by atoms with van der Waals surface area (Å²) in [6, 6.07) is 17.1. The average molecular weight is 729 g/mol. The Morgan fingerprint density at radius 1 is 0.976 bits per heavy atom. The van der Waals surface area contributed by atoms with Crippen molar-refractivity contribution in [3.63, 3.8) is 0 Å². The Morgan fingerprint density at radius 3 is 2.31 bits per heavy atom. The fourth-order valence-electron chi connectivity index (χ4n) is 6.62. The predicted octanol–water partition coefficient (Wildman–Crippen LogP) is 6.94. The zero-order valence-corrected chi connectivity index (χ0v) is 26.5. The largest absolute Gasteiger partial charge is 0.454 e. The van der Waals surface area contributed by atoms with E-state index in [1.807, 2.05) is 0 Å². The maximum absolute atomic E-state index is 13.4. The summed E-state index contributed by atoms with van der Waals surface area (Å²) in [6.45, 7) is -0.388. The molecule has 1 saturated heterocycles. The van der Waals surface area contributed by atoms with E-state index in [0.717, 1.165) is 6.42 Å². The summed E-state index contributed by atoms with van der Waals surface area (Å²) in [5, 5.41) is 2.72. The van der Waals surface area contributed by atoms with Crippen LogP contribution >= 0.6 is 54.8 Å². The molecular weight excluding hydrogens is 708 g/mol. The number of aromatic nitrogens is 1. The van der Waals surface area contributed by atoms with E-state index in [0.29, 0.717) is 37.7 Å². The van der Waals surface area contributed by atoms with Crippen molar-refractivity contribution in [3.05, 3.63) is 81.5 Å². The van der Waals surface area contributed by atoms with Gasteiger partial charge in [0.15, 0.2) is 6.61 Å². The molecule has 3 heterocycles. The number of ketones is 1. The van der Waals surface area contributed by atoms with Crippen molar-refractivity contribution in [2.45, 2.75) is 16.1 Å². The fourth-order valence-corrected chi connectivity index (χ4v) is 9.31. The van der Waals surface area contributed by atoms with E-state index in [9.17, 15) is 19.2 Å². The molecule has 0 N–H and O–H groups in total. The van der Waals surface area contributed by atoms with Crippen LogP contribution in [0.3, 0.4) is 0 Å². The number of benzene rings is 2. The van der Waals surface area contributed by atoms with E-state index in [4.69, 9.17) is 21.3 Å². The lowest BCUT2D eigenvalue weighted by Gasteiger charge is -2.28. The number of halogens is 3. The van der Waals surface area contributed by atoms with Gasteiger partial charge in [0.2, 0.25) is 17.6 Å². The van der Waals surface area contributed by atoms with Gasteiger partial charge in [-0.3, -0.25) is 19.3 Å². The molecule has 42 heavy (non-hydrogen) atoms. The third-order valence-corrected chi connectivity index (χ3v) is 12.9. The molecule has 2 amide bonds. The topological polar surface area (TPSA) is 93.6 Å². The molecule has 7 rings (SSSR count). The Balaban J connectivity index is 1.17. The van der Waals surface area contributed by atoms with Gasteiger partial charge in [0.1, 0.15) is 0 Å². The van der Waals surface area contributed by atoms with Gasteiger partial charge >= 0.3 is 5.97 Å². The zero-order valence-electron chi connectivity index (χ0n) is 21.7. The van der Waals surface area contributed by atoms with Crippen LogP contribution in [-0.4, -0.2) is 44.8 Å². The molecule has 2 saturated carbocycles. The van der Waals surface area contributed by atoms with Gasteiger partial charge in [-0.05, 0) is 66.1 Å². The average Bonchev–Trinajstić information content (AvgIpc) is 3.77. The summed E-state index contributed by atoms with van der Waals surface area (Å²) in [6.07, 6.45) is 0.872. The summed E-state index contributed by atoms with van der Waals surface area (Å²) < 4.78 is 5.40. The molecule has 4 aromatic rings. The summed E-state index contributed by atoms with van der Waals surface area (Å²) in [5.74, 6) is -1.56. The lowest BCUT2D eigenvalue weighted by atomic mass is 9.81. The number of hydrogen-bond acceptors (Lipinski definition) is 7. The van der Waals surface area contributed by atoms with Crippen molar-refractivity contribution >= 4 is 95.0 Å². The van der Waals surface area contributed by atoms with E-state index in [2.05, 4.69) is 31.9 Å². The second-order valence-electron chi connectivity index (χ2n) is 10.8. The van der Waals surface area contributed by atoms with Crippen LogP contribution in [-0.2, 0) is 14.3 Å². The van der Waals surface area contributed by atoms with Gasteiger partial charge in [-0.25, -0.2) is 9.78 Å². The van der Waals surface area contributed by atoms with E-state index < -0.39 is 5.97 Å². The zero-order chi connectivity index (χ0) is 29.3. The number of carbonyl (C=O) groups excluding carboxylic acids is 4. The van der Waals surface area contributed by atoms with Gasteiger partial charge in [-0.15, -0.1) is 11.3 Å². The first-order chi connectivity index (χ1) is 20.2. The smallest absolute Gasteiger partial charge is 0.339 e. The first kappa shape index (κ1) is 27.9. The summed E-state index contributed by atoms with van der Waals surface area (Å²) in [5.41, 5.74) is 2.44. The summed E-state index contributed by atoms with van der Waals surface area (Å²) in [7, 11) is 0. The Kier molecular flexibility index (Phi) is 7.08. The van der Waals surface area contributed by atoms with E-state index in [1.54, 1.807) is 66.0 Å². The van der Waals surface area contributed by atoms with Crippen LogP contribution in [0.1, 0.15) is 26.5 Å². The van der Waals surface area contributed by atoms with Gasteiger partial charge < -0.3 is 4.74 Å². The molecule has 7 nitrogen and oxygen atoms in total. The lowest BCUT2D eigenvalue weighted by molar-refractivity contribution is -0.123. The van der Waals surface area contributed by atoms with Gasteiger partial charge in [0.05, 0.1) is 39.2 Å². The number of hydrogen-bond donors (Lipinski definition) is 0. The maximum atomic E-state index is 13.4. The van der Waals surface area contributed by atoms with Crippen LogP contribution in [0.4, 0.5) is 5.69 Å². The number of alkyl halides is 2. The van der Waals surface area contributed by atoms with Crippen LogP contribution in [0.15, 0.2) is 66.0 Å². The monoisotopic (exact) mass is 726 g/mol. The number of esters is 1. The minimum atomic E-state index is -0.669.